The lowest BCUT2D eigenvalue weighted by molar-refractivity contribution is 0.476. The number of aromatic hydroxyl groups is 1. The summed E-state index contributed by atoms with van der Waals surface area (Å²) in [5.41, 5.74) is 7.64. The Balaban J connectivity index is 2.81. The van der Waals surface area contributed by atoms with E-state index < -0.39 is 0 Å². The summed E-state index contributed by atoms with van der Waals surface area (Å²) in [5, 5.41) is 9.18. The van der Waals surface area contributed by atoms with Crippen LogP contribution in [0, 0.1) is 6.92 Å². The maximum Gasteiger partial charge on any atom is 0.145 e. The Labute approximate surface area is 75.1 Å². The zero-order valence-corrected chi connectivity index (χ0v) is 7.15. The van der Waals surface area contributed by atoms with E-state index in [0.717, 1.165) is 5.52 Å². The Kier molecular flexibility index (Phi) is 1.55. The third kappa shape index (κ3) is 1.26. The zero-order valence-electron chi connectivity index (χ0n) is 7.15. The van der Waals surface area contributed by atoms with Gasteiger partial charge >= 0.3 is 0 Å². The number of phenolic OH excluding ortho intramolecular Hbond substituents is 1. The zero-order chi connectivity index (χ0) is 9.42. The molecule has 0 aliphatic heterocycles. The van der Waals surface area contributed by atoms with E-state index in [1.807, 2.05) is 0 Å². The number of phenols is 1. The van der Waals surface area contributed by atoms with Crippen molar-refractivity contribution in [1.29, 1.82) is 0 Å². The van der Waals surface area contributed by atoms with Gasteiger partial charge in [-0.2, -0.15) is 0 Å². The summed E-state index contributed by atoms with van der Waals surface area (Å²) < 4.78 is 0. The van der Waals surface area contributed by atoms with Crippen LogP contribution in [0.5, 0.6) is 5.75 Å². The fraction of sp³-hybridized carbons (Fsp3) is 0.111. The van der Waals surface area contributed by atoms with E-state index >= 15 is 0 Å². The summed E-state index contributed by atoms with van der Waals surface area (Å²) >= 11 is 0. The number of nitrogens with zero attached hydrogens (tertiary/aromatic N) is 2. The van der Waals surface area contributed by atoms with Crippen molar-refractivity contribution in [3.8, 4) is 5.75 Å². The molecule has 0 saturated carbocycles. The molecular formula is C9H9N3O. The third-order valence-corrected chi connectivity index (χ3v) is 1.86. The normalized spacial score (nSPS) is 10.5. The first kappa shape index (κ1) is 7.79. The molecule has 1 heterocycles. The topological polar surface area (TPSA) is 72.0 Å². The predicted octanol–water partition coefficient (Wildman–Crippen LogP) is 1.23. The molecule has 3 N–H and O–H groups in total. The van der Waals surface area contributed by atoms with E-state index in [1.54, 1.807) is 19.1 Å². The molecule has 1 aromatic carbocycles. The molecular weight excluding hydrogens is 166 g/mol. The van der Waals surface area contributed by atoms with Gasteiger partial charge in [-0.25, -0.2) is 9.97 Å². The van der Waals surface area contributed by atoms with Crippen LogP contribution in [-0.4, -0.2) is 15.1 Å². The lowest BCUT2D eigenvalue weighted by atomic mass is 10.2. The SMILES string of the molecule is Cc1nc2ccc(O)cc2nc1N. The first-order valence-electron chi connectivity index (χ1n) is 3.89. The van der Waals surface area contributed by atoms with Crippen LogP contribution in [0.2, 0.25) is 0 Å². The largest absolute Gasteiger partial charge is 0.508 e. The van der Waals surface area contributed by atoms with Crippen LogP contribution in [0.4, 0.5) is 5.82 Å². The molecule has 0 fully saturated rings. The Bertz CT molecular complexity index is 468. The second-order valence-corrected chi connectivity index (χ2v) is 2.87. The number of benzene rings is 1. The number of nitrogen functional groups attached to an aromatic ring is 1. The molecule has 0 saturated heterocycles. The first-order valence-corrected chi connectivity index (χ1v) is 3.89. The molecule has 4 nitrogen and oxygen atoms in total. The maximum atomic E-state index is 9.18. The number of rotatable bonds is 0. The van der Waals surface area contributed by atoms with Gasteiger partial charge in [0.25, 0.3) is 0 Å². The molecule has 0 radical (unpaired) electrons. The smallest absolute Gasteiger partial charge is 0.145 e. The average Bonchev–Trinajstić information content (AvgIpc) is 2.08. The van der Waals surface area contributed by atoms with Crippen molar-refractivity contribution in [3.05, 3.63) is 23.9 Å². The van der Waals surface area contributed by atoms with Crippen LogP contribution < -0.4 is 5.73 Å². The highest BCUT2D eigenvalue weighted by Gasteiger charge is 2.01. The number of nitrogens with two attached hydrogens (primary N) is 1. The van der Waals surface area contributed by atoms with E-state index in [2.05, 4.69) is 9.97 Å². The monoisotopic (exact) mass is 175 g/mol. The summed E-state index contributed by atoms with van der Waals surface area (Å²) in [7, 11) is 0. The van der Waals surface area contributed by atoms with Crippen LogP contribution in [-0.2, 0) is 0 Å². The van der Waals surface area contributed by atoms with E-state index in [-0.39, 0.29) is 5.75 Å². The number of aryl methyl sites for hydroxylation is 1. The van der Waals surface area contributed by atoms with E-state index in [9.17, 15) is 5.11 Å². The molecule has 0 unspecified atom stereocenters. The Morgan fingerprint density at radius 2 is 2.00 bits per heavy atom. The molecule has 13 heavy (non-hydrogen) atoms. The molecule has 4 heteroatoms. The highest BCUT2D eigenvalue weighted by atomic mass is 16.3. The van der Waals surface area contributed by atoms with Gasteiger partial charge in [0.2, 0.25) is 0 Å². The summed E-state index contributed by atoms with van der Waals surface area (Å²) in [6.45, 7) is 1.80. The maximum absolute atomic E-state index is 9.18. The van der Waals surface area contributed by atoms with Crippen molar-refractivity contribution in [2.75, 3.05) is 5.73 Å². The van der Waals surface area contributed by atoms with Gasteiger partial charge in [0.05, 0.1) is 16.7 Å². The van der Waals surface area contributed by atoms with Crippen molar-refractivity contribution in [1.82, 2.24) is 9.97 Å². The van der Waals surface area contributed by atoms with Crippen LogP contribution >= 0.6 is 0 Å². The highest BCUT2D eigenvalue weighted by Crippen LogP contribution is 2.18. The lowest BCUT2D eigenvalue weighted by Crippen LogP contribution is -1.97. The molecule has 1 aromatic heterocycles. The van der Waals surface area contributed by atoms with Crippen LogP contribution in [0.1, 0.15) is 5.69 Å². The van der Waals surface area contributed by atoms with Gasteiger partial charge in [0.1, 0.15) is 11.6 Å². The molecule has 66 valence electrons. The number of hydrogen-bond donors (Lipinski definition) is 2. The Morgan fingerprint density at radius 3 is 2.77 bits per heavy atom. The van der Waals surface area contributed by atoms with Gasteiger partial charge in [-0.05, 0) is 19.1 Å². The summed E-state index contributed by atoms with van der Waals surface area (Å²) in [6.07, 6.45) is 0. The summed E-state index contributed by atoms with van der Waals surface area (Å²) in [6, 6.07) is 4.83. The first-order chi connectivity index (χ1) is 6.16. The lowest BCUT2D eigenvalue weighted by Gasteiger charge is -2.01. The van der Waals surface area contributed by atoms with Crippen molar-refractivity contribution in [2.45, 2.75) is 6.92 Å². The van der Waals surface area contributed by atoms with Gasteiger partial charge in [-0.1, -0.05) is 0 Å². The fourth-order valence-electron chi connectivity index (χ4n) is 1.14. The van der Waals surface area contributed by atoms with Crippen LogP contribution in [0.15, 0.2) is 18.2 Å². The van der Waals surface area contributed by atoms with Crippen LogP contribution in [0.25, 0.3) is 11.0 Å². The van der Waals surface area contributed by atoms with E-state index in [4.69, 9.17) is 5.73 Å². The third-order valence-electron chi connectivity index (χ3n) is 1.86. The average molecular weight is 175 g/mol. The number of anilines is 1. The molecule has 2 rings (SSSR count). The van der Waals surface area contributed by atoms with Gasteiger partial charge in [0.15, 0.2) is 0 Å². The number of aromatic nitrogens is 2. The fourth-order valence-corrected chi connectivity index (χ4v) is 1.14. The van der Waals surface area contributed by atoms with Crippen molar-refractivity contribution >= 4 is 16.9 Å². The number of hydrogen-bond acceptors (Lipinski definition) is 4. The summed E-state index contributed by atoms with van der Waals surface area (Å²) in [5.74, 6) is 0.572. The van der Waals surface area contributed by atoms with E-state index in [0.29, 0.717) is 17.0 Å². The molecule has 0 aliphatic rings. The van der Waals surface area contributed by atoms with Crippen LogP contribution in [0.3, 0.4) is 0 Å². The standard InChI is InChI=1S/C9H9N3O/c1-5-9(10)12-8-4-6(13)2-3-7(8)11-5/h2-4,13H,1H3,(H2,10,12). The predicted molar refractivity (Wildman–Crippen MR) is 50.4 cm³/mol. The quantitative estimate of drug-likeness (QED) is 0.631. The Morgan fingerprint density at radius 1 is 1.23 bits per heavy atom. The van der Waals surface area contributed by atoms with Gasteiger partial charge in [-0.3, -0.25) is 0 Å². The molecule has 0 aliphatic carbocycles. The van der Waals surface area contributed by atoms with Gasteiger partial charge in [-0.15, -0.1) is 0 Å². The highest BCUT2D eigenvalue weighted by molar-refractivity contribution is 5.77. The van der Waals surface area contributed by atoms with Gasteiger partial charge < -0.3 is 10.8 Å². The molecule has 0 amide bonds. The Hall–Kier alpha value is -1.84. The minimum atomic E-state index is 0.171. The minimum absolute atomic E-state index is 0.171. The van der Waals surface area contributed by atoms with Crippen molar-refractivity contribution in [3.63, 3.8) is 0 Å². The molecule has 0 atom stereocenters. The number of fused-ring (bicyclic) bond motifs is 1. The van der Waals surface area contributed by atoms with E-state index in [1.165, 1.54) is 6.07 Å². The van der Waals surface area contributed by atoms with Crippen molar-refractivity contribution in [2.24, 2.45) is 0 Å². The molecule has 0 bridgehead atoms. The second kappa shape index (κ2) is 2.58. The summed E-state index contributed by atoms with van der Waals surface area (Å²) in [4.78, 5) is 8.31. The molecule has 2 aromatic rings. The molecule has 0 spiro atoms. The van der Waals surface area contributed by atoms with Gasteiger partial charge in [0, 0.05) is 6.07 Å². The second-order valence-electron chi connectivity index (χ2n) is 2.87. The minimum Gasteiger partial charge on any atom is -0.508 e. The van der Waals surface area contributed by atoms with Crippen molar-refractivity contribution < 1.29 is 5.11 Å².